The van der Waals surface area contributed by atoms with Crippen LogP contribution in [0.4, 0.5) is 0 Å². The van der Waals surface area contributed by atoms with Crippen molar-refractivity contribution in [3.05, 3.63) is 11.4 Å². The molecule has 2 rings (SSSR count). The average Bonchev–Trinajstić information content (AvgIpc) is 2.85. The van der Waals surface area contributed by atoms with Crippen molar-refractivity contribution < 1.29 is 13.2 Å². The van der Waals surface area contributed by atoms with Gasteiger partial charge in [0.1, 0.15) is 4.90 Å². The lowest BCUT2D eigenvalue weighted by Gasteiger charge is -2.37. The van der Waals surface area contributed by atoms with Gasteiger partial charge in [0, 0.05) is 23.3 Å². The zero-order valence-electron chi connectivity index (χ0n) is 12.4. The van der Waals surface area contributed by atoms with Gasteiger partial charge in [-0.3, -0.25) is 9.89 Å². The van der Waals surface area contributed by atoms with Crippen LogP contribution in [-0.2, 0) is 15.5 Å². The van der Waals surface area contributed by atoms with Gasteiger partial charge in [-0.2, -0.15) is 5.10 Å². The maximum absolute atomic E-state index is 12.7. The van der Waals surface area contributed by atoms with E-state index in [4.69, 9.17) is 10.7 Å². The summed E-state index contributed by atoms with van der Waals surface area (Å²) in [7, 11) is 1.46. The van der Waals surface area contributed by atoms with E-state index < -0.39 is 9.05 Å². The summed E-state index contributed by atoms with van der Waals surface area (Å²) in [5, 5.41) is 6.52. The Morgan fingerprint density at radius 3 is 2.71 bits per heavy atom. The number of hydrogen-bond donors (Lipinski definition) is 1. The first-order valence-electron chi connectivity index (χ1n) is 7.10. The third kappa shape index (κ3) is 3.08. The highest BCUT2D eigenvalue weighted by Gasteiger charge is 2.35. The second-order valence-electron chi connectivity index (χ2n) is 5.53. The summed E-state index contributed by atoms with van der Waals surface area (Å²) in [5.41, 5.74) is 0.272. The van der Waals surface area contributed by atoms with Crippen molar-refractivity contribution in [3.8, 4) is 0 Å². The third-order valence-electron chi connectivity index (χ3n) is 4.23. The number of piperidine rings is 1. The van der Waals surface area contributed by atoms with Crippen molar-refractivity contribution >= 4 is 25.6 Å². The monoisotopic (exact) mass is 333 g/mol. The molecule has 2 atom stereocenters. The summed E-state index contributed by atoms with van der Waals surface area (Å²) in [6, 6.07) is 0.0545. The number of carbonyl (C=O) groups excluding carboxylic acids is 1. The molecule has 0 aromatic carbocycles. The zero-order chi connectivity index (χ0) is 15.8. The minimum absolute atomic E-state index is 0.0545. The molecule has 1 N–H and O–H groups in total. The van der Waals surface area contributed by atoms with Crippen LogP contribution in [0.2, 0.25) is 0 Å². The molecule has 1 amide bonds. The summed E-state index contributed by atoms with van der Waals surface area (Å²) in [6.07, 6.45) is 2.38. The fraction of sp³-hybridized carbons (Fsp3) is 0.692. The van der Waals surface area contributed by atoms with Crippen LogP contribution in [0.1, 0.15) is 49.8 Å². The van der Waals surface area contributed by atoms with Gasteiger partial charge in [0.25, 0.3) is 15.0 Å². The number of aryl methyl sites for hydroxylation is 1. The second-order valence-corrected chi connectivity index (χ2v) is 8.03. The van der Waals surface area contributed by atoms with Crippen molar-refractivity contribution in [2.45, 2.75) is 51.0 Å². The van der Waals surface area contributed by atoms with E-state index in [-0.39, 0.29) is 22.5 Å². The quantitative estimate of drug-likeness (QED) is 0.859. The lowest BCUT2D eigenvalue weighted by Crippen LogP contribution is -2.46. The average molecular weight is 334 g/mol. The summed E-state index contributed by atoms with van der Waals surface area (Å²) in [5.74, 6) is 0.00701. The normalized spacial score (nSPS) is 23.3. The van der Waals surface area contributed by atoms with E-state index in [0.29, 0.717) is 24.6 Å². The van der Waals surface area contributed by atoms with Crippen molar-refractivity contribution in [3.63, 3.8) is 0 Å². The minimum Gasteiger partial charge on any atom is -0.334 e. The van der Waals surface area contributed by atoms with Crippen LogP contribution in [-0.4, -0.2) is 42.0 Å². The molecule has 6 nitrogen and oxygen atoms in total. The molecule has 1 aliphatic rings. The highest BCUT2D eigenvalue weighted by atomic mass is 35.7. The van der Waals surface area contributed by atoms with Crippen LogP contribution in [0.25, 0.3) is 0 Å². The van der Waals surface area contributed by atoms with E-state index in [1.165, 1.54) is 0 Å². The van der Waals surface area contributed by atoms with Crippen LogP contribution < -0.4 is 0 Å². The molecule has 0 saturated carbocycles. The molecule has 1 aromatic rings. The summed E-state index contributed by atoms with van der Waals surface area (Å²) < 4.78 is 23.5. The number of hydrogen-bond acceptors (Lipinski definition) is 4. The van der Waals surface area contributed by atoms with Gasteiger partial charge >= 0.3 is 0 Å². The fourth-order valence-corrected chi connectivity index (χ4v) is 4.12. The molecule has 1 aliphatic heterocycles. The first-order chi connectivity index (χ1) is 9.77. The van der Waals surface area contributed by atoms with Crippen LogP contribution in [0.5, 0.6) is 0 Å². The third-order valence-corrected chi connectivity index (χ3v) is 5.62. The Bertz CT molecular complexity index is 641. The van der Waals surface area contributed by atoms with Crippen LogP contribution in [0, 0.1) is 5.92 Å². The van der Waals surface area contributed by atoms with Crippen molar-refractivity contribution in [1.82, 2.24) is 15.1 Å². The Morgan fingerprint density at radius 1 is 1.48 bits per heavy atom. The van der Waals surface area contributed by atoms with E-state index in [1.807, 2.05) is 6.92 Å². The molecule has 21 heavy (non-hydrogen) atoms. The number of rotatable bonds is 3. The molecule has 2 heterocycles. The SMILES string of the molecule is CCc1[nH]nc(C(=O)N2CCCC(C)C2C)c1S(=O)(=O)Cl. The highest BCUT2D eigenvalue weighted by molar-refractivity contribution is 8.13. The molecular weight excluding hydrogens is 314 g/mol. The maximum Gasteiger partial charge on any atom is 0.276 e. The fourth-order valence-electron chi connectivity index (χ4n) is 2.77. The largest absolute Gasteiger partial charge is 0.334 e. The molecule has 2 unspecified atom stereocenters. The van der Waals surface area contributed by atoms with E-state index >= 15 is 0 Å². The van der Waals surface area contributed by atoms with Gasteiger partial charge in [0.2, 0.25) is 0 Å². The molecule has 0 bridgehead atoms. The molecule has 1 aromatic heterocycles. The van der Waals surface area contributed by atoms with Gasteiger partial charge in [-0.1, -0.05) is 13.8 Å². The zero-order valence-corrected chi connectivity index (χ0v) is 14.0. The van der Waals surface area contributed by atoms with Crippen molar-refractivity contribution in [2.24, 2.45) is 5.92 Å². The van der Waals surface area contributed by atoms with Crippen LogP contribution in [0.15, 0.2) is 4.90 Å². The van der Waals surface area contributed by atoms with Gasteiger partial charge < -0.3 is 4.90 Å². The smallest absolute Gasteiger partial charge is 0.276 e. The van der Waals surface area contributed by atoms with Crippen LogP contribution >= 0.6 is 10.7 Å². The molecule has 8 heteroatoms. The first kappa shape index (κ1) is 16.3. The lowest BCUT2D eigenvalue weighted by atomic mass is 9.92. The van der Waals surface area contributed by atoms with Gasteiger partial charge in [0.05, 0.1) is 5.69 Å². The number of nitrogens with one attached hydrogen (secondary N) is 1. The maximum atomic E-state index is 12.7. The Kier molecular flexibility index (Phi) is 4.63. The van der Waals surface area contributed by atoms with Gasteiger partial charge in [-0.15, -0.1) is 0 Å². The number of nitrogens with zero attached hydrogens (tertiary/aromatic N) is 2. The molecular formula is C13H20ClN3O3S. The summed E-state index contributed by atoms with van der Waals surface area (Å²) in [6.45, 7) is 6.45. The molecule has 0 spiro atoms. The Morgan fingerprint density at radius 2 is 2.14 bits per heavy atom. The number of carbonyl (C=O) groups is 1. The number of halogens is 1. The van der Waals surface area contributed by atoms with Crippen LogP contribution in [0.3, 0.4) is 0 Å². The molecule has 118 valence electrons. The first-order valence-corrected chi connectivity index (χ1v) is 9.41. The van der Waals surface area contributed by atoms with E-state index in [9.17, 15) is 13.2 Å². The molecule has 0 aliphatic carbocycles. The van der Waals surface area contributed by atoms with E-state index in [1.54, 1.807) is 11.8 Å². The Balaban J connectivity index is 2.43. The van der Waals surface area contributed by atoms with Crippen molar-refractivity contribution in [2.75, 3.05) is 6.54 Å². The van der Waals surface area contributed by atoms with E-state index in [2.05, 4.69) is 17.1 Å². The standard InChI is InChI=1S/C13H20ClN3O3S/c1-4-10-12(21(14,19)20)11(16-15-10)13(18)17-7-5-6-8(2)9(17)3/h8-9H,4-7H2,1-3H3,(H,15,16). The van der Waals surface area contributed by atoms with Gasteiger partial charge in [-0.05, 0) is 32.1 Å². The lowest BCUT2D eigenvalue weighted by molar-refractivity contribution is 0.0541. The number of H-pyrrole nitrogens is 1. The summed E-state index contributed by atoms with van der Waals surface area (Å²) >= 11 is 0. The minimum atomic E-state index is -4.02. The van der Waals surface area contributed by atoms with Gasteiger partial charge in [0.15, 0.2) is 5.69 Å². The number of aromatic amines is 1. The summed E-state index contributed by atoms with van der Waals surface area (Å²) in [4.78, 5) is 14.2. The molecule has 1 saturated heterocycles. The Hall–Kier alpha value is -1.08. The molecule has 1 fully saturated rings. The Labute approximate surface area is 129 Å². The van der Waals surface area contributed by atoms with Gasteiger partial charge in [-0.25, -0.2) is 8.42 Å². The van der Waals surface area contributed by atoms with Crippen molar-refractivity contribution in [1.29, 1.82) is 0 Å². The predicted octanol–water partition coefficient (Wildman–Crippen LogP) is 2.16. The molecule has 0 radical (unpaired) electrons. The number of aromatic nitrogens is 2. The topological polar surface area (TPSA) is 83.1 Å². The second kappa shape index (κ2) is 5.96. The number of likely N-dealkylation sites (tertiary alicyclic amines) is 1. The van der Waals surface area contributed by atoms with E-state index in [0.717, 1.165) is 12.8 Å². The number of amides is 1. The predicted molar refractivity (Wildman–Crippen MR) is 79.9 cm³/mol. The highest BCUT2D eigenvalue weighted by Crippen LogP contribution is 2.28.